The van der Waals surface area contributed by atoms with E-state index in [1.54, 1.807) is 18.2 Å². The number of carbonyl (C=O) groups is 2. The van der Waals surface area contributed by atoms with Gasteiger partial charge in [-0.2, -0.15) is 5.26 Å². The molecule has 1 aliphatic rings. The highest BCUT2D eigenvalue weighted by atomic mass is 79.9. The molecule has 6 heteroatoms. The summed E-state index contributed by atoms with van der Waals surface area (Å²) >= 11 is 3.30. The normalized spacial score (nSPS) is 18.8. The molecular formula is C12H10BrN3O2. The number of rotatable bonds is 2. The minimum atomic E-state index is -0.487. The van der Waals surface area contributed by atoms with E-state index < -0.39 is 11.8 Å². The number of anilines is 1. The first-order valence-electron chi connectivity index (χ1n) is 5.32. The van der Waals surface area contributed by atoms with Crippen LogP contribution in [0.2, 0.25) is 0 Å². The van der Waals surface area contributed by atoms with E-state index in [1.165, 1.54) is 4.90 Å². The minimum absolute atomic E-state index is 0.104. The summed E-state index contributed by atoms with van der Waals surface area (Å²) in [5, 5.41) is 9.04. The molecule has 1 aromatic carbocycles. The topological polar surface area (TPSA) is 87.2 Å². The lowest BCUT2D eigenvalue weighted by atomic mass is 10.1. The van der Waals surface area contributed by atoms with Gasteiger partial charge in [0, 0.05) is 17.4 Å². The summed E-state index contributed by atoms with van der Waals surface area (Å²) in [7, 11) is 0. The Balaban J connectivity index is 2.38. The first-order chi connectivity index (χ1) is 8.52. The first kappa shape index (κ1) is 12.6. The van der Waals surface area contributed by atoms with Crippen LogP contribution in [0.3, 0.4) is 0 Å². The Labute approximate surface area is 112 Å². The lowest BCUT2D eigenvalue weighted by Gasteiger charge is -2.17. The maximum atomic E-state index is 11.9. The number of halogens is 1. The highest BCUT2D eigenvalue weighted by molar-refractivity contribution is 9.10. The number of carbonyl (C=O) groups excluding carboxylic acids is 2. The van der Waals surface area contributed by atoms with E-state index in [4.69, 9.17) is 11.0 Å². The zero-order valence-electron chi connectivity index (χ0n) is 9.39. The van der Waals surface area contributed by atoms with Gasteiger partial charge in [-0.15, -0.1) is 0 Å². The van der Waals surface area contributed by atoms with Crippen LogP contribution >= 0.6 is 15.9 Å². The summed E-state index contributed by atoms with van der Waals surface area (Å²) in [4.78, 5) is 24.4. The molecule has 1 saturated heterocycles. The number of nitrogens with two attached hydrogens (primary N) is 1. The van der Waals surface area contributed by atoms with E-state index in [1.807, 2.05) is 6.07 Å². The number of amides is 2. The Morgan fingerprint density at radius 3 is 2.83 bits per heavy atom. The van der Waals surface area contributed by atoms with Gasteiger partial charge in [0.2, 0.25) is 11.8 Å². The highest BCUT2D eigenvalue weighted by Gasteiger charge is 2.34. The van der Waals surface area contributed by atoms with Crippen molar-refractivity contribution in [1.82, 2.24) is 0 Å². The van der Waals surface area contributed by atoms with Crippen LogP contribution < -0.4 is 10.6 Å². The van der Waals surface area contributed by atoms with Crippen molar-refractivity contribution in [2.75, 3.05) is 11.4 Å². The van der Waals surface area contributed by atoms with Gasteiger partial charge in [0.1, 0.15) is 6.07 Å². The Kier molecular flexibility index (Phi) is 3.34. The molecule has 92 valence electrons. The SMILES string of the molecule is N#Cc1ccc(Br)cc1N1CC(C(N)=O)CC1=O. The number of benzene rings is 1. The molecule has 2 rings (SSSR count). The molecule has 18 heavy (non-hydrogen) atoms. The van der Waals surface area contributed by atoms with Crippen LogP contribution in [0.4, 0.5) is 5.69 Å². The second-order valence-corrected chi connectivity index (χ2v) is 5.00. The minimum Gasteiger partial charge on any atom is -0.369 e. The van der Waals surface area contributed by atoms with Gasteiger partial charge in [0.25, 0.3) is 0 Å². The van der Waals surface area contributed by atoms with Crippen molar-refractivity contribution in [2.45, 2.75) is 6.42 Å². The van der Waals surface area contributed by atoms with Crippen molar-refractivity contribution in [3.63, 3.8) is 0 Å². The second-order valence-electron chi connectivity index (χ2n) is 4.08. The highest BCUT2D eigenvalue weighted by Crippen LogP contribution is 2.30. The predicted molar refractivity (Wildman–Crippen MR) is 68.5 cm³/mol. The summed E-state index contributed by atoms with van der Waals surface area (Å²) in [6.07, 6.45) is 0.104. The van der Waals surface area contributed by atoms with Crippen molar-refractivity contribution in [2.24, 2.45) is 11.7 Å². The van der Waals surface area contributed by atoms with Crippen molar-refractivity contribution < 1.29 is 9.59 Å². The average Bonchev–Trinajstić information content (AvgIpc) is 2.71. The molecule has 0 radical (unpaired) electrons. The summed E-state index contributed by atoms with van der Waals surface area (Å²) in [5.41, 5.74) is 6.12. The standard InChI is InChI=1S/C12H10BrN3O2/c13-9-2-1-7(5-14)10(4-9)16-6-8(12(15)18)3-11(16)17/h1-2,4,8H,3,6H2,(H2,15,18). The molecule has 2 amide bonds. The Bertz CT molecular complexity index is 565. The maximum absolute atomic E-state index is 11.9. The van der Waals surface area contributed by atoms with Crippen LogP contribution in [-0.4, -0.2) is 18.4 Å². The lowest BCUT2D eigenvalue weighted by molar-refractivity contribution is -0.123. The Hall–Kier alpha value is -1.87. The fourth-order valence-electron chi connectivity index (χ4n) is 1.95. The largest absolute Gasteiger partial charge is 0.369 e. The van der Waals surface area contributed by atoms with E-state index >= 15 is 0 Å². The van der Waals surface area contributed by atoms with Gasteiger partial charge >= 0.3 is 0 Å². The van der Waals surface area contributed by atoms with Gasteiger partial charge in [-0.1, -0.05) is 15.9 Å². The number of hydrogen-bond acceptors (Lipinski definition) is 3. The number of primary amides is 1. The molecule has 0 bridgehead atoms. The zero-order valence-corrected chi connectivity index (χ0v) is 11.0. The van der Waals surface area contributed by atoms with E-state index in [0.29, 0.717) is 11.3 Å². The first-order valence-corrected chi connectivity index (χ1v) is 6.11. The number of nitrogens with zero attached hydrogens (tertiary/aromatic N) is 2. The summed E-state index contributed by atoms with van der Waals surface area (Å²) < 4.78 is 0.770. The third-order valence-electron chi connectivity index (χ3n) is 2.90. The van der Waals surface area contributed by atoms with Gasteiger partial charge in [-0.3, -0.25) is 9.59 Å². The Morgan fingerprint density at radius 2 is 2.28 bits per heavy atom. The number of hydrogen-bond donors (Lipinski definition) is 1. The monoisotopic (exact) mass is 307 g/mol. The predicted octanol–water partition coefficient (Wildman–Crippen LogP) is 1.16. The molecule has 0 aromatic heterocycles. The molecule has 1 aromatic rings. The third kappa shape index (κ3) is 2.22. The molecular weight excluding hydrogens is 298 g/mol. The van der Waals surface area contributed by atoms with Gasteiger partial charge < -0.3 is 10.6 Å². The molecule has 1 aliphatic heterocycles. The van der Waals surface area contributed by atoms with Crippen LogP contribution in [-0.2, 0) is 9.59 Å². The van der Waals surface area contributed by atoms with E-state index in [-0.39, 0.29) is 18.9 Å². The van der Waals surface area contributed by atoms with Gasteiger partial charge in [0.15, 0.2) is 0 Å². The van der Waals surface area contributed by atoms with E-state index in [9.17, 15) is 9.59 Å². The summed E-state index contributed by atoms with van der Waals surface area (Å²) in [6, 6.07) is 7.09. The third-order valence-corrected chi connectivity index (χ3v) is 3.39. The number of nitriles is 1. The summed E-state index contributed by atoms with van der Waals surface area (Å²) in [5.74, 6) is -1.16. The van der Waals surface area contributed by atoms with Crippen LogP contribution in [0, 0.1) is 17.2 Å². The molecule has 1 heterocycles. The van der Waals surface area contributed by atoms with Crippen molar-refractivity contribution in [3.8, 4) is 6.07 Å². The quantitative estimate of drug-likeness (QED) is 0.889. The molecule has 2 N–H and O–H groups in total. The molecule has 1 unspecified atom stereocenters. The van der Waals surface area contributed by atoms with E-state index in [2.05, 4.69) is 15.9 Å². The van der Waals surface area contributed by atoms with Gasteiger partial charge in [0.05, 0.1) is 17.2 Å². The van der Waals surface area contributed by atoms with Gasteiger partial charge in [-0.05, 0) is 18.2 Å². The molecule has 1 fully saturated rings. The van der Waals surface area contributed by atoms with Crippen LogP contribution in [0.5, 0.6) is 0 Å². The van der Waals surface area contributed by atoms with Crippen LogP contribution in [0.15, 0.2) is 22.7 Å². The van der Waals surface area contributed by atoms with E-state index in [0.717, 1.165) is 4.47 Å². The fourth-order valence-corrected chi connectivity index (χ4v) is 2.30. The average molecular weight is 308 g/mol. The molecule has 5 nitrogen and oxygen atoms in total. The van der Waals surface area contributed by atoms with Crippen molar-refractivity contribution >= 4 is 33.4 Å². The second kappa shape index (κ2) is 4.78. The molecule has 0 spiro atoms. The van der Waals surface area contributed by atoms with Crippen molar-refractivity contribution in [1.29, 1.82) is 5.26 Å². The smallest absolute Gasteiger partial charge is 0.227 e. The lowest BCUT2D eigenvalue weighted by Crippen LogP contribution is -2.28. The van der Waals surface area contributed by atoms with Gasteiger partial charge in [-0.25, -0.2) is 0 Å². The molecule has 0 saturated carbocycles. The summed E-state index contributed by atoms with van der Waals surface area (Å²) in [6.45, 7) is 0.235. The zero-order chi connectivity index (χ0) is 13.3. The molecule has 0 aliphatic carbocycles. The fraction of sp³-hybridized carbons (Fsp3) is 0.250. The van der Waals surface area contributed by atoms with Crippen LogP contribution in [0.1, 0.15) is 12.0 Å². The van der Waals surface area contributed by atoms with Crippen molar-refractivity contribution in [3.05, 3.63) is 28.2 Å². The molecule has 1 atom stereocenters. The maximum Gasteiger partial charge on any atom is 0.227 e. The Morgan fingerprint density at radius 1 is 1.56 bits per heavy atom. The van der Waals surface area contributed by atoms with Crippen LogP contribution in [0.25, 0.3) is 0 Å².